The highest BCUT2D eigenvalue weighted by molar-refractivity contribution is 4.90. The van der Waals surface area contributed by atoms with Crippen molar-refractivity contribution in [3.8, 4) is 0 Å². The maximum absolute atomic E-state index is 5.55. The van der Waals surface area contributed by atoms with Gasteiger partial charge in [-0.05, 0) is 19.3 Å². The molecule has 0 amide bonds. The van der Waals surface area contributed by atoms with Crippen LogP contribution in [0.15, 0.2) is 25.3 Å². The lowest BCUT2D eigenvalue weighted by molar-refractivity contribution is 0.00230. The molecule has 0 N–H and O–H groups in total. The number of hydrogen-bond acceptors (Lipinski definition) is 1. The molecule has 1 aliphatic rings. The van der Waals surface area contributed by atoms with Gasteiger partial charge < -0.3 is 4.74 Å². The third-order valence-corrected chi connectivity index (χ3v) is 1.85. The summed E-state index contributed by atoms with van der Waals surface area (Å²) in [5.41, 5.74) is 0. The molecule has 0 bridgehead atoms. The second-order valence-electron chi connectivity index (χ2n) is 2.62. The molecule has 0 aromatic carbocycles. The molecular formula is C9H14O. The normalized spacial score (nSPS) is 33.2. The second-order valence-corrected chi connectivity index (χ2v) is 2.62. The molecule has 1 nitrogen and oxygen atoms in total. The molecule has 1 heteroatoms. The molecule has 0 saturated carbocycles. The predicted octanol–water partition coefficient (Wildman–Crippen LogP) is 2.30. The summed E-state index contributed by atoms with van der Waals surface area (Å²) in [6.45, 7) is 7.39. The first-order chi connectivity index (χ1) is 4.86. The Hall–Kier alpha value is -0.560. The van der Waals surface area contributed by atoms with Gasteiger partial charge in [0.2, 0.25) is 0 Å². The zero-order chi connectivity index (χ0) is 7.40. The van der Waals surface area contributed by atoms with Gasteiger partial charge in [0.1, 0.15) is 0 Å². The minimum atomic E-state index is 0.261. The summed E-state index contributed by atoms with van der Waals surface area (Å²) < 4.78 is 5.55. The lowest BCUT2D eigenvalue weighted by Gasteiger charge is -2.25. The van der Waals surface area contributed by atoms with Crippen LogP contribution in [-0.4, -0.2) is 12.2 Å². The van der Waals surface area contributed by atoms with Crippen molar-refractivity contribution in [2.45, 2.75) is 31.5 Å². The highest BCUT2D eigenvalue weighted by Crippen LogP contribution is 2.19. The fourth-order valence-corrected chi connectivity index (χ4v) is 1.23. The van der Waals surface area contributed by atoms with Crippen LogP contribution in [0.4, 0.5) is 0 Å². The van der Waals surface area contributed by atoms with Crippen molar-refractivity contribution >= 4 is 0 Å². The summed E-state index contributed by atoms with van der Waals surface area (Å²) in [4.78, 5) is 0. The van der Waals surface area contributed by atoms with Gasteiger partial charge in [-0.2, -0.15) is 0 Å². The van der Waals surface area contributed by atoms with E-state index in [1.165, 1.54) is 6.42 Å². The van der Waals surface area contributed by atoms with Crippen LogP contribution in [-0.2, 0) is 4.74 Å². The van der Waals surface area contributed by atoms with E-state index in [2.05, 4.69) is 13.2 Å². The molecule has 10 heavy (non-hydrogen) atoms. The highest BCUT2D eigenvalue weighted by atomic mass is 16.5. The first-order valence-electron chi connectivity index (χ1n) is 3.77. The minimum absolute atomic E-state index is 0.261. The molecule has 1 saturated heterocycles. The van der Waals surface area contributed by atoms with Crippen molar-refractivity contribution in [2.75, 3.05) is 0 Å². The van der Waals surface area contributed by atoms with Crippen LogP contribution in [0.25, 0.3) is 0 Å². The molecule has 2 unspecified atom stereocenters. The summed E-state index contributed by atoms with van der Waals surface area (Å²) >= 11 is 0. The Morgan fingerprint density at radius 1 is 1.10 bits per heavy atom. The van der Waals surface area contributed by atoms with E-state index < -0.39 is 0 Å². The summed E-state index contributed by atoms with van der Waals surface area (Å²) in [6.07, 6.45) is 7.73. The standard InChI is InChI=1S/C9H14O/c1-3-8-6-5-7-9(4-2)10-8/h3-4,8-9H,1-2,5-7H2. The Labute approximate surface area is 62.4 Å². The maximum Gasteiger partial charge on any atom is 0.0761 e. The summed E-state index contributed by atoms with van der Waals surface area (Å²) in [6, 6.07) is 0. The van der Waals surface area contributed by atoms with Crippen molar-refractivity contribution in [2.24, 2.45) is 0 Å². The zero-order valence-corrected chi connectivity index (χ0v) is 6.25. The van der Waals surface area contributed by atoms with E-state index in [4.69, 9.17) is 4.74 Å². The fourth-order valence-electron chi connectivity index (χ4n) is 1.23. The van der Waals surface area contributed by atoms with Crippen LogP contribution in [0.5, 0.6) is 0 Å². The lowest BCUT2D eigenvalue weighted by Crippen LogP contribution is -2.23. The van der Waals surface area contributed by atoms with Gasteiger partial charge in [-0.25, -0.2) is 0 Å². The molecule has 0 spiro atoms. The van der Waals surface area contributed by atoms with Crippen molar-refractivity contribution in [3.63, 3.8) is 0 Å². The van der Waals surface area contributed by atoms with Crippen molar-refractivity contribution in [1.29, 1.82) is 0 Å². The number of ether oxygens (including phenoxy) is 1. The van der Waals surface area contributed by atoms with Crippen molar-refractivity contribution in [1.82, 2.24) is 0 Å². The largest absolute Gasteiger partial charge is 0.367 e. The Bertz CT molecular complexity index is 115. The molecule has 2 atom stereocenters. The predicted molar refractivity (Wildman–Crippen MR) is 42.9 cm³/mol. The lowest BCUT2D eigenvalue weighted by atomic mass is 10.0. The van der Waals surface area contributed by atoms with Gasteiger partial charge >= 0.3 is 0 Å². The summed E-state index contributed by atoms with van der Waals surface area (Å²) in [5.74, 6) is 0. The van der Waals surface area contributed by atoms with Crippen LogP contribution in [0.3, 0.4) is 0 Å². The van der Waals surface area contributed by atoms with E-state index in [1.807, 2.05) is 12.2 Å². The third-order valence-electron chi connectivity index (χ3n) is 1.85. The molecule has 1 heterocycles. The van der Waals surface area contributed by atoms with Gasteiger partial charge in [0.05, 0.1) is 12.2 Å². The molecular weight excluding hydrogens is 124 g/mol. The van der Waals surface area contributed by atoms with Crippen LogP contribution >= 0.6 is 0 Å². The van der Waals surface area contributed by atoms with E-state index in [1.54, 1.807) is 0 Å². The molecule has 56 valence electrons. The van der Waals surface area contributed by atoms with Crippen LogP contribution < -0.4 is 0 Å². The van der Waals surface area contributed by atoms with Gasteiger partial charge in [0.25, 0.3) is 0 Å². The summed E-state index contributed by atoms with van der Waals surface area (Å²) in [7, 11) is 0. The molecule has 0 aliphatic carbocycles. The Morgan fingerprint density at radius 3 is 2.00 bits per heavy atom. The monoisotopic (exact) mass is 138 g/mol. The van der Waals surface area contributed by atoms with Gasteiger partial charge in [-0.1, -0.05) is 12.2 Å². The Kier molecular flexibility index (Phi) is 2.69. The van der Waals surface area contributed by atoms with Gasteiger partial charge in [0.15, 0.2) is 0 Å². The molecule has 0 aromatic rings. The van der Waals surface area contributed by atoms with E-state index in [9.17, 15) is 0 Å². The van der Waals surface area contributed by atoms with Gasteiger partial charge in [-0.3, -0.25) is 0 Å². The first-order valence-corrected chi connectivity index (χ1v) is 3.77. The summed E-state index contributed by atoms with van der Waals surface area (Å²) in [5, 5.41) is 0. The van der Waals surface area contributed by atoms with E-state index in [0.29, 0.717) is 0 Å². The quantitative estimate of drug-likeness (QED) is 0.532. The second kappa shape index (κ2) is 3.57. The third kappa shape index (κ3) is 1.71. The Morgan fingerprint density at radius 2 is 1.60 bits per heavy atom. The average molecular weight is 138 g/mol. The van der Waals surface area contributed by atoms with Crippen LogP contribution in [0, 0.1) is 0 Å². The molecule has 1 rings (SSSR count). The molecule has 0 aromatic heterocycles. The Balaban J connectivity index is 2.38. The number of rotatable bonds is 2. The van der Waals surface area contributed by atoms with Gasteiger partial charge in [-0.15, -0.1) is 13.2 Å². The minimum Gasteiger partial charge on any atom is -0.367 e. The van der Waals surface area contributed by atoms with Gasteiger partial charge in [0, 0.05) is 0 Å². The maximum atomic E-state index is 5.55. The zero-order valence-electron chi connectivity index (χ0n) is 6.25. The number of hydrogen-bond donors (Lipinski definition) is 0. The van der Waals surface area contributed by atoms with E-state index >= 15 is 0 Å². The SMILES string of the molecule is C=CC1CCCC(C=C)O1. The topological polar surface area (TPSA) is 9.23 Å². The fraction of sp³-hybridized carbons (Fsp3) is 0.556. The average Bonchev–Trinajstić information content (AvgIpc) is 2.05. The van der Waals surface area contributed by atoms with Crippen molar-refractivity contribution in [3.05, 3.63) is 25.3 Å². The van der Waals surface area contributed by atoms with Crippen LogP contribution in [0.1, 0.15) is 19.3 Å². The smallest absolute Gasteiger partial charge is 0.0761 e. The first kappa shape index (κ1) is 7.55. The molecule has 1 fully saturated rings. The molecule has 0 radical (unpaired) electrons. The van der Waals surface area contributed by atoms with E-state index in [-0.39, 0.29) is 12.2 Å². The highest BCUT2D eigenvalue weighted by Gasteiger charge is 2.16. The van der Waals surface area contributed by atoms with Crippen LogP contribution in [0.2, 0.25) is 0 Å². The van der Waals surface area contributed by atoms with Crippen molar-refractivity contribution < 1.29 is 4.74 Å². The van der Waals surface area contributed by atoms with E-state index in [0.717, 1.165) is 12.8 Å². The molecule has 1 aliphatic heterocycles.